The van der Waals surface area contributed by atoms with E-state index in [0.29, 0.717) is 21.6 Å². The monoisotopic (exact) mass is 435 g/mol. The Labute approximate surface area is 183 Å². The van der Waals surface area contributed by atoms with Crippen molar-refractivity contribution in [2.45, 2.75) is 49.3 Å². The minimum Gasteiger partial charge on any atom is -0.300 e. The number of aryl methyl sites for hydroxylation is 2. The number of nitriles is 1. The van der Waals surface area contributed by atoms with Gasteiger partial charge >= 0.3 is 0 Å². The van der Waals surface area contributed by atoms with Crippen molar-refractivity contribution in [1.29, 1.82) is 5.26 Å². The Hall–Kier alpha value is -2.76. The van der Waals surface area contributed by atoms with Gasteiger partial charge in [0.1, 0.15) is 16.1 Å². The number of amides is 1. The Balaban J connectivity index is 1.50. The smallest absolute Gasteiger partial charge is 0.239 e. The van der Waals surface area contributed by atoms with Crippen molar-refractivity contribution in [3.05, 3.63) is 63.8 Å². The van der Waals surface area contributed by atoms with Crippen LogP contribution in [0.4, 0.5) is 5.13 Å². The quantitative estimate of drug-likeness (QED) is 0.593. The van der Waals surface area contributed by atoms with Crippen molar-refractivity contribution < 1.29 is 4.79 Å². The van der Waals surface area contributed by atoms with E-state index in [1.165, 1.54) is 28.7 Å². The Morgan fingerprint density at radius 3 is 2.83 bits per heavy atom. The molecule has 3 aromatic rings. The summed E-state index contributed by atoms with van der Waals surface area (Å²) in [6, 6.07) is 14.7. The molecule has 152 valence electrons. The molecule has 1 aliphatic carbocycles. The number of anilines is 1. The van der Waals surface area contributed by atoms with Gasteiger partial charge in [-0.05, 0) is 56.2 Å². The van der Waals surface area contributed by atoms with E-state index in [4.69, 9.17) is 4.98 Å². The molecule has 1 amide bonds. The molecule has 0 saturated heterocycles. The first kappa shape index (κ1) is 20.5. The van der Waals surface area contributed by atoms with E-state index in [2.05, 4.69) is 45.8 Å². The van der Waals surface area contributed by atoms with Gasteiger partial charge in [0, 0.05) is 5.69 Å². The number of thioether (sulfide) groups is 1. The van der Waals surface area contributed by atoms with Crippen LogP contribution < -0.4 is 5.32 Å². The van der Waals surface area contributed by atoms with Gasteiger partial charge in [-0.15, -0.1) is 10.2 Å². The molecule has 0 bridgehead atoms. The molecule has 0 aliphatic heterocycles. The van der Waals surface area contributed by atoms with Crippen molar-refractivity contribution in [2.75, 3.05) is 5.32 Å². The molecule has 30 heavy (non-hydrogen) atoms. The Kier molecular flexibility index (Phi) is 6.11. The number of carbonyl (C=O) groups is 1. The lowest BCUT2D eigenvalue weighted by atomic mass is 9.82. The summed E-state index contributed by atoms with van der Waals surface area (Å²) in [5, 5.41) is 21.8. The van der Waals surface area contributed by atoms with Gasteiger partial charge in [0.25, 0.3) is 0 Å². The van der Waals surface area contributed by atoms with Crippen LogP contribution >= 0.6 is 23.1 Å². The zero-order chi connectivity index (χ0) is 21.1. The number of benzene rings is 1. The van der Waals surface area contributed by atoms with Crippen LogP contribution in [0.15, 0.2) is 41.4 Å². The summed E-state index contributed by atoms with van der Waals surface area (Å²) in [6.07, 6.45) is 2.80. The Morgan fingerprint density at radius 1 is 1.33 bits per heavy atom. The number of carbonyl (C=O) groups excluding carboxylic acids is 1. The maximum atomic E-state index is 12.5. The number of hydrogen-bond acceptors (Lipinski definition) is 7. The number of hydrogen-bond donors (Lipinski definition) is 1. The third-order valence-electron chi connectivity index (χ3n) is 5.16. The van der Waals surface area contributed by atoms with Crippen LogP contribution in [-0.4, -0.2) is 26.3 Å². The van der Waals surface area contributed by atoms with Crippen molar-refractivity contribution in [3.63, 3.8) is 0 Å². The standard InChI is InChI=1S/C22H21N5OS2/c1-13(20(28)25-22-27-26-14(2)30-22)29-21-18(12-23)11-17-10-16(8-9-19(17)24-21)15-6-4-3-5-7-15/h3-7,11,13,16H,8-10H2,1-2H3,(H,25,27,28). The van der Waals surface area contributed by atoms with Gasteiger partial charge in [0.05, 0.1) is 10.8 Å². The third-order valence-corrected chi connectivity index (χ3v) is 7.01. The fourth-order valence-corrected chi connectivity index (χ4v) is 5.09. The van der Waals surface area contributed by atoms with Crippen LogP contribution in [-0.2, 0) is 17.6 Å². The van der Waals surface area contributed by atoms with Crippen LogP contribution in [0.1, 0.15) is 46.7 Å². The number of rotatable bonds is 5. The molecule has 4 rings (SSSR count). The summed E-state index contributed by atoms with van der Waals surface area (Å²) in [5.41, 5.74) is 4.03. The summed E-state index contributed by atoms with van der Waals surface area (Å²) in [6.45, 7) is 3.64. The lowest BCUT2D eigenvalue weighted by Gasteiger charge is -2.25. The number of aromatic nitrogens is 3. The first-order chi connectivity index (χ1) is 14.5. The van der Waals surface area contributed by atoms with Crippen molar-refractivity contribution in [2.24, 2.45) is 0 Å². The molecule has 0 fully saturated rings. The van der Waals surface area contributed by atoms with Gasteiger partial charge in [-0.1, -0.05) is 53.4 Å². The minimum absolute atomic E-state index is 0.177. The van der Waals surface area contributed by atoms with Crippen molar-refractivity contribution in [1.82, 2.24) is 15.2 Å². The van der Waals surface area contributed by atoms with E-state index in [1.807, 2.05) is 26.0 Å². The summed E-state index contributed by atoms with van der Waals surface area (Å²) in [7, 11) is 0. The maximum Gasteiger partial charge on any atom is 0.239 e. The third kappa shape index (κ3) is 4.53. The van der Waals surface area contributed by atoms with Crippen LogP contribution in [0.5, 0.6) is 0 Å². The van der Waals surface area contributed by atoms with Gasteiger partial charge < -0.3 is 0 Å². The first-order valence-corrected chi connectivity index (χ1v) is 11.5. The molecule has 0 saturated carbocycles. The molecule has 0 radical (unpaired) electrons. The van der Waals surface area contributed by atoms with E-state index < -0.39 is 5.25 Å². The summed E-state index contributed by atoms with van der Waals surface area (Å²) in [4.78, 5) is 17.3. The average Bonchev–Trinajstić information content (AvgIpc) is 3.17. The molecule has 0 spiro atoms. The molecule has 2 heterocycles. The van der Waals surface area contributed by atoms with Gasteiger partial charge in [-0.25, -0.2) is 4.98 Å². The normalized spacial score (nSPS) is 16.4. The van der Waals surface area contributed by atoms with Gasteiger partial charge in [0.15, 0.2) is 0 Å². The van der Waals surface area contributed by atoms with Crippen molar-refractivity contribution in [3.8, 4) is 6.07 Å². The molecular weight excluding hydrogens is 414 g/mol. The second kappa shape index (κ2) is 8.94. The predicted molar refractivity (Wildman–Crippen MR) is 119 cm³/mol. The van der Waals surface area contributed by atoms with Crippen LogP contribution in [0.2, 0.25) is 0 Å². The van der Waals surface area contributed by atoms with E-state index in [-0.39, 0.29) is 5.91 Å². The molecule has 6 nitrogen and oxygen atoms in total. The average molecular weight is 436 g/mol. The van der Waals surface area contributed by atoms with Crippen molar-refractivity contribution >= 4 is 34.1 Å². The molecule has 1 N–H and O–H groups in total. The topological polar surface area (TPSA) is 91.6 Å². The molecule has 8 heteroatoms. The lowest BCUT2D eigenvalue weighted by molar-refractivity contribution is -0.115. The second-order valence-corrected chi connectivity index (χ2v) is 9.80. The first-order valence-electron chi connectivity index (χ1n) is 9.79. The molecule has 2 atom stereocenters. The summed E-state index contributed by atoms with van der Waals surface area (Å²) in [5.74, 6) is 0.273. The highest BCUT2D eigenvalue weighted by atomic mass is 32.2. The summed E-state index contributed by atoms with van der Waals surface area (Å²) >= 11 is 2.64. The van der Waals surface area contributed by atoms with Gasteiger partial charge in [-0.3, -0.25) is 10.1 Å². The lowest BCUT2D eigenvalue weighted by Crippen LogP contribution is -2.23. The molecule has 1 aromatic carbocycles. The van der Waals surface area contributed by atoms with E-state index in [1.54, 1.807) is 0 Å². The van der Waals surface area contributed by atoms with Crippen LogP contribution in [0.3, 0.4) is 0 Å². The van der Waals surface area contributed by atoms with Crippen LogP contribution in [0, 0.1) is 18.3 Å². The van der Waals surface area contributed by atoms with Gasteiger partial charge in [0.2, 0.25) is 11.0 Å². The molecule has 1 aliphatic rings. The highest BCUT2D eigenvalue weighted by Gasteiger charge is 2.25. The predicted octanol–water partition coefficient (Wildman–Crippen LogP) is 4.51. The zero-order valence-corrected chi connectivity index (χ0v) is 18.4. The number of pyridine rings is 1. The fraction of sp³-hybridized carbons (Fsp3) is 0.318. The van der Waals surface area contributed by atoms with Gasteiger partial charge in [-0.2, -0.15) is 5.26 Å². The molecule has 2 aromatic heterocycles. The number of fused-ring (bicyclic) bond motifs is 1. The van der Waals surface area contributed by atoms with E-state index in [0.717, 1.165) is 35.5 Å². The van der Waals surface area contributed by atoms with E-state index in [9.17, 15) is 10.1 Å². The largest absolute Gasteiger partial charge is 0.300 e. The Morgan fingerprint density at radius 2 is 2.13 bits per heavy atom. The molecular formula is C22H21N5OS2. The minimum atomic E-state index is -0.410. The highest BCUT2D eigenvalue weighted by Crippen LogP contribution is 2.35. The zero-order valence-electron chi connectivity index (χ0n) is 16.8. The number of nitrogens with one attached hydrogen (secondary N) is 1. The second-order valence-electron chi connectivity index (χ2n) is 7.28. The van der Waals surface area contributed by atoms with Crippen LogP contribution in [0.25, 0.3) is 0 Å². The fourth-order valence-electron chi connectivity index (χ4n) is 3.60. The number of nitrogens with zero attached hydrogens (tertiary/aromatic N) is 4. The summed E-state index contributed by atoms with van der Waals surface area (Å²) < 4.78 is 0. The highest BCUT2D eigenvalue weighted by molar-refractivity contribution is 8.00. The SMILES string of the molecule is Cc1nnc(NC(=O)C(C)Sc2nc3c(cc2C#N)CC(c2ccccc2)CC3)s1. The molecule has 2 unspecified atom stereocenters. The maximum absolute atomic E-state index is 12.5. The van der Waals surface area contributed by atoms with E-state index >= 15 is 0 Å². The Bertz CT molecular complexity index is 1110.